The van der Waals surface area contributed by atoms with Crippen LogP contribution in [0.5, 0.6) is 0 Å². The third-order valence-corrected chi connectivity index (χ3v) is 2.89. The van der Waals surface area contributed by atoms with Crippen LogP contribution in [0.1, 0.15) is 5.56 Å². The number of halogens is 5. The Morgan fingerprint density at radius 2 is 1.68 bits per heavy atom. The number of alkyl halides is 3. The smallest absolute Gasteiger partial charge is 0.399 e. The highest BCUT2D eigenvalue weighted by Crippen LogP contribution is 2.35. The van der Waals surface area contributed by atoms with E-state index in [1.165, 1.54) is 24.3 Å². The molecule has 2 rings (SSSR count). The van der Waals surface area contributed by atoms with Gasteiger partial charge in [-0.05, 0) is 29.8 Å². The number of hydrogen-bond donors (Lipinski definition) is 1. The van der Waals surface area contributed by atoms with Crippen molar-refractivity contribution in [1.29, 1.82) is 0 Å². The standard InChI is InChI=1S/C13H8ClF4N/c14-11-6-8(19)2-3-9(11)7-1-4-10(12(15)5-7)13(16,17)18/h1-6H,19H2. The molecule has 0 saturated carbocycles. The van der Waals surface area contributed by atoms with E-state index in [2.05, 4.69) is 0 Å². The molecule has 0 amide bonds. The van der Waals surface area contributed by atoms with Crippen molar-refractivity contribution in [3.05, 3.63) is 52.8 Å². The molecule has 19 heavy (non-hydrogen) atoms. The van der Waals surface area contributed by atoms with Crippen LogP contribution >= 0.6 is 11.6 Å². The highest BCUT2D eigenvalue weighted by atomic mass is 35.5. The second-order valence-electron chi connectivity index (χ2n) is 3.93. The summed E-state index contributed by atoms with van der Waals surface area (Å²) in [5.41, 5.74) is 5.30. The van der Waals surface area contributed by atoms with Gasteiger partial charge >= 0.3 is 6.18 Å². The van der Waals surface area contributed by atoms with Gasteiger partial charge in [-0.1, -0.05) is 23.7 Å². The van der Waals surface area contributed by atoms with Crippen molar-refractivity contribution in [2.24, 2.45) is 0 Å². The lowest BCUT2D eigenvalue weighted by molar-refractivity contribution is -0.139. The summed E-state index contributed by atoms with van der Waals surface area (Å²) in [5.74, 6) is -1.34. The molecule has 0 heterocycles. The van der Waals surface area contributed by atoms with E-state index in [9.17, 15) is 17.6 Å². The van der Waals surface area contributed by atoms with Gasteiger partial charge in [-0.3, -0.25) is 0 Å². The fourth-order valence-corrected chi connectivity index (χ4v) is 1.98. The number of anilines is 1. The van der Waals surface area contributed by atoms with Crippen LogP contribution in [0.2, 0.25) is 5.02 Å². The fraction of sp³-hybridized carbons (Fsp3) is 0.0769. The maximum Gasteiger partial charge on any atom is 0.419 e. The van der Waals surface area contributed by atoms with Crippen LogP contribution < -0.4 is 5.73 Å². The molecule has 1 nitrogen and oxygen atoms in total. The Hall–Kier alpha value is -1.75. The largest absolute Gasteiger partial charge is 0.419 e. The lowest BCUT2D eigenvalue weighted by Crippen LogP contribution is -2.07. The molecule has 2 N–H and O–H groups in total. The van der Waals surface area contributed by atoms with Gasteiger partial charge in [0.05, 0.1) is 10.6 Å². The highest BCUT2D eigenvalue weighted by Gasteiger charge is 2.33. The lowest BCUT2D eigenvalue weighted by atomic mass is 10.0. The maximum absolute atomic E-state index is 13.5. The summed E-state index contributed by atoms with van der Waals surface area (Å²) >= 11 is 5.92. The Kier molecular flexibility index (Phi) is 3.41. The van der Waals surface area contributed by atoms with Crippen LogP contribution in [-0.2, 0) is 6.18 Å². The molecule has 100 valence electrons. The summed E-state index contributed by atoms with van der Waals surface area (Å²) in [7, 11) is 0. The van der Waals surface area contributed by atoms with Gasteiger partial charge in [0.25, 0.3) is 0 Å². The van der Waals surface area contributed by atoms with Crippen LogP contribution in [0.15, 0.2) is 36.4 Å². The van der Waals surface area contributed by atoms with Crippen molar-refractivity contribution in [2.45, 2.75) is 6.18 Å². The van der Waals surface area contributed by atoms with Gasteiger partial charge in [-0.25, -0.2) is 4.39 Å². The number of benzene rings is 2. The Bertz CT molecular complexity index is 623. The maximum atomic E-state index is 13.5. The molecular weight excluding hydrogens is 282 g/mol. The number of rotatable bonds is 1. The zero-order valence-corrected chi connectivity index (χ0v) is 10.2. The Balaban J connectivity index is 2.51. The van der Waals surface area contributed by atoms with Crippen molar-refractivity contribution < 1.29 is 17.6 Å². The van der Waals surface area contributed by atoms with E-state index < -0.39 is 17.6 Å². The zero-order valence-electron chi connectivity index (χ0n) is 9.43. The SMILES string of the molecule is Nc1ccc(-c2ccc(C(F)(F)F)c(F)c2)c(Cl)c1. The van der Waals surface area contributed by atoms with Crippen molar-refractivity contribution in [3.63, 3.8) is 0 Å². The molecule has 0 aliphatic carbocycles. The molecule has 2 aromatic carbocycles. The van der Waals surface area contributed by atoms with Crippen LogP contribution in [-0.4, -0.2) is 0 Å². The van der Waals surface area contributed by atoms with Crippen molar-refractivity contribution >= 4 is 17.3 Å². The number of hydrogen-bond acceptors (Lipinski definition) is 1. The summed E-state index contributed by atoms with van der Waals surface area (Å²) in [6, 6.07) is 7.18. The molecule has 0 radical (unpaired) electrons. The topological polar surface area (TPSA) is 26.0 Å². The summed E-state index contributed by atoms with van der Waals surface area (Å²) < 4.78 is 50.8. The van der Waals surface area contributed by atoms with E-state index in [4.69, 9.17) is 17.3 Å². The molecule has 0 unspecified atom stereocenters. The predicted molar refractivity (Wildman–Crippen MR) is 66.3 cm³/mol. The summed E-state index contributed by atoms with van der Waals surface area (Å²) in [6.45, 7) is 0. The van der Waals surface area contributed by atoms with Crippen molar-refractivity contribution in [2.75, 3.05) is 5.73 Å². The number of nitrogen functional groups attached to an aromatic ring is 1. The summed E-state index contributed by atoms with van der Waals surface area (Å²) in [5, 5.41) is 0.249. The monoisotopic (exact) mass is 289 g/mol. The van der Waals surface area contributed by atoms with Gasteiger partial charge in [0.1, 0.15) is 5.82 Å². The molecule has 0 aliphatic rings. The van der Waals surface area contributed by atoms with E-state index in [0.717, 1.165) is 6.07 Å². The van der Waals surface area contributed by atoms with Gasteiger partial charge in [-0.2, -0.15) is 13.2 Å². The van der Waals surface area contributed by atoms with Crippen LogP contribution in [0.3, 0.4) is 0 Å². The summed E-state index contributed by atoms with van der Waals surface area (Å²) in [4.78, 5) is 0. The van der Waals surface area contributed by atoms with Gasteiger partial charge in [0.15, 0.2) is 0 Å². The highest BCUT2D eigenvalue weighted by molar-refractivity contribution is 6.33. The predicted octanol–water partition coefficient (Wildman–Crippen LogP) is 4.75. The van der Waals surface area contributed by atoms with E-state index in [1.54, 1.807) is 0 Å². The van der Waals surface area contributed by atoms with E-state index >= 15 is 0 Å². The Labute approximate surface area is 111 Å². The van der Waals surface area contributed by atoms with E-state index in [1.807, 2.05) is 0 Å². The zero-order chi connectivity index (χ0) is 14.2. The van der Waals surface area contributed by atoms with Crippen molar-refractivity contribution in [3.8, 4) is 11.1 Å². The molecule has 0 fully saturated rings. The molecule has 0 aliphatic heterocycles. The molecule has 2 aromatic rings. The molecule has 0 bridgehead atoms. The van der Waals surface area contributed by atoms with Crippen LogP contribution in [0, 0.1) is 5.82 Å². The van der Waals surface area contributed by atoms with Crippen LogP contribution in [0.4, 0.5) is 23.2 Å². The fourth-order valence-electron chi connectivity index (χ4n) is 1.68. The van der Waals surface area contributed by atoms with Gasteiger partial charge < -0.3 is 5.73 Å². The minimum atomic E-state index is -4.71. The molecule has 0 spiro atoms. The van der Waals surface area contributed by atoms with Crippen LogP contribution in [0.25, 0.3) is 11.1 Å². The Morgan fingerprint density at radius 3 is 2.21 bits per heavy atom. The lowest BCUT2D eigenvalue weighted by Gasteiger charge is -2.10. The third-order valence-electron chi connectivity index (χ3n) is 2.58. The minimum Gasteiger partial charge on any atom is -0.399 e. The average Bonchev–Trinajstić information content (AvgIpc) is 2.26. The van der Waals surface area contributed by atoms with E-state index in [-0.39, 0.29) is 10.6 Å². The first-order valence-corrected chi connectivity index (χ1v) is 5.59. The summed E-state index contributed by atoms with van der Waals surface area (Å²) in [6.07, 6.45) is -4.71. The first-order chi connectivity index (χ1) is 8.79. The second-order valence-corrected chi connectivity index (χ2v) is 4.34. The average molecular weight is 290 g/mol. The van der Waals surface area contributed by atoms with Gasteiger partial charge in [0.2, 0.25) is 0 Å². The number of nitrogens with two attached hydrogens (primary N) is 1. The van der Waals surface area contributed by atoms with Gasteiger partial charge in [0, 0.05) is 11.3 Å². The molecule has 0 atom stereocenters. The van der Waals surface area contributed by atoms with Gasteiger partial charge in [-0.15, -0.1) is 0 Å². The quantitative estimate of drug-likeness (QED) is 0.595. The molecule has 0 saturated heterocycles. The third kappa shape index (κ3) is 2.81. The molecule has 0 aromatic heterocycles. The second kappa shape index (κ2) is 4.74. The first-order valence-electron chi connectivity index (χ1n) is 5.21. The Morgan fingerprint density at radius 1 is 1.00 bits per heavy atom. The van der Waals surface area contributed by atoms with Crippen molar-refractivity contribution in [1.82, 2.24) is 0 Å². The minimum absolute atomic E-state index is 0.249. The molecule has 6 heteroatoms. The normalized spacial score (nSPS) is 11.6. The molecular formula is C13H8ClF4N. The first kappa shape index (κ1) is 13.7. The van der Waals surface area contributed by atoms with E-state index in [0.29, 0.717) is 17.3 Å².